The van der Waals surface area contributed by atoms with Crippen LogP contribution in [-0.4, -0.2) is 81.0 Å². The molecule has 0 amide bonds. The highest BCUT2D eigenvalue weighted by Gasteiger charge is 2.25. The SMILES string of the molecule is CC(C)N1CCN(c2ccc(-c3ccc(S(=O)(=O)N4CCNCC4)cc3)cn2)CC1.Cl.Cl.Cl. The van der Waals surface area contributed by atoms with Gasteiger partial charge in [-0.3, -0.25) is 4.90 Å². The van der Waals surface area contributed by atoms with E-state index >= 15 is 0 Å². The van der Waals surface area contributed by atoms with E-state index in [0.29, 0.717) is 37.1 Å². The average molecular weight is 539 g/mol. The lowest BCUT2D eigenvalue weighted by molar-refractivity contribution is 0.209. The van der Waals surface area contributed by atoms with E-state index < -0.39 is 10.0 Å². The molecule has 2 saturated heterocycles. The molecule has 0 aliphatic carbocycles. The summed E-state index contributed by atoms with van der Waals surface area (Å²) in [7, 11) is -3.43. The van der Waals surface area contributed by atoms with Crippen LogP contribution >= 0.6 is 37.2 Å². The third-order valence-corrected chi connectivity index (χ3v) is 7.93. The fourth-order valence-corrected chi connectivity index (χ4v) is 5.51. The number of sulfonamides is 1. The number of hydrogen-bond donors (Lipinski definition) is 1. The fraction of sp³-hybridized carbons (Fsp3) is 0.500. The Balaban J connectivity index is 0.00000181. The molecule has 2 aliphatic heterocycles. The van der Waals surface area contributed by atoms with Crippen molar-refractivity contribution in [3.05, 3.63) is 42.6 Å². The van der Waals surface area contributed by atoms with Crippen molar-refractivity contribution in [1.29, 1.82) is 0 Å². The van der Waals surface area contributed by atoms with Gasteiger partial charge in [-0.15, -0.1) is 37.2 Å². The highest BCUT2D eigenvalue weighted by Crippen LogP contribution is 2.24. The van der Waals surface area contributed by atoms with Crippen LogP contribution in [0.1, 0.15) is 13.8 Å². The molecule has 2 aliphatic rings. The molecule has 2 aromatic rings. The molecule has 0 bridgehead atoms. The summed E-state index contributed by atoms with van der Waals surface area (Å²) in [5.41, 5.74) is 1.96. The highest BCUT2D eigenvalue weighted by molar-refractivity contribution is 7.89. The second-order valence-electron chi connectivity index (χ2n) is 8.20. The van der Waals surface area contributed by atoms with E-state index in [-0.39, 0.29) is 37.2 Å². The lowest BCUT2D eigenvalue weighted by Gasteiger charge is -2.37. The average Bonchev–Trinajstić information content (AvgIpc) is 2.80. The molecule has 0 atom stereocenters. The maximum Gasteiger partial charge on any atom is 0.243 e. The number of anilines is 1. The molecule has 1 N–H and O–H groups in total. The Labute approximate surface area is 216 Å². The first kappa shape index (κ1) is 29.9. The molecular formula is C22H34Cl3N5O2S. The molecule has 3 heterocycles. The van der Waals surface area contributed by atoms with Crippen LogP contribution in [0.3, 0.4) is 0 Å². The predicted molar refractivity (Wildman–Crippen MR) is 142 cm³/mol. The second-order valence-corrected chi connectivity index (χ2v) is 10.1. The first-order valence-corrected chi connectivity index (χ1v) is 12.2. The number of nitrogens with one attached hydrogen (secondary N) is 1. The maximum absolute atomic E-state index is 12.8. The summed E-state index contributed by atoms with van der Waals surface area (Å²) in [4.78, 5) is 9.83. The van der Waals surface area contributed by atoms with E-state index in [0.717, 1.165) is 43.1 Å². The van der Waals surface area contributed by atoms with Gasteiger partial charge in [0.1, 0.15) is 5.82 Å². The first-order chi connectivity index (χ1) is 14.4. The van der Waals surface area contributed by atoms with E-state index in [4.69, 9.17) is 0 Å². The minimum absolute atomic E-state index is 0. The third-order valence-electron chi connectivity index (χ3n) is 6.02. The number of pyridine rings is 1. The van der Waals surface area contributed by atoms with Crippen LogP contribution in [0, 0.1) is 0 Å². The zero-order valence-electron chi connectivity index (χ0n) is 19.0. The van der Waals surface area contributed by atoms with Crippen molar-refractivity contribution < 1.29 is 8.42 Å². The number of benzene rings is 1. The van der Waals surface area contributed by atoms with Gasteiger partial charge in [0.2, 0.25) is 10.0 Å². The van der Waals surface area contributed by atoms with Gasteiger partial charge in [0.05, 0.1) is 4.90 Å². The molecule has 33 heavy (non-hydrogen) atoms. The van der Waals surface area contributed by atoms with Gasteiger partial charge in [0.25, 0.3) is 0 Å². The molecule has 4 rings (SSSR count). The number of hydrogen-bond acceptors (Lipinski definition) is 6. The van der Waals surface area contributed by atoms with Crippen molar-refractivity contribution in [3.8, 4) is 11.1 Å². The van der Waals surface area contributed by atoms with Crippen molar-refractivity contribution in [3.63, 3.8) is 0 Å². The van der Waals surface area contributed by atoms with Gasteiger partial charge >= 0.3 is 0 Å². The molecule has 0 unspecified atom stereocenters. The molecule has 0 radical (unpaired) electrons. The van der Waals surface area contributed by atoms with Crippen LogP contribution in [0.2, 0.25) is 0 Å². The summed E-state index contributed by atoms with van der Waals surface area (Å²) in [6, 6.07) is 11.8. The van der Waals surface area contributed by atoms with Crippen molar-refractivity contribution in [2.24, 2.45) is 0 Å². The monoisotopic (exact) mass is 537 g/mol. The topological polar surface area (TPSA) is 68.8 Å². The summed E-state index contributed by atoms with van der Waals surface area (Å²) < 4.78 is 27.1. The third kappa shape index (κ3) is 6.94. The van der Waals surface area contributed by atoms with Gasteiger partial charge in [-0.2, -0.15) is 4.31 Å². The van der Waals surface area contributed by atoms with Gasteiger partial charge in [-0.25, -0.2) is 13.4 Å². The number of aromatic nitrogens is 1. The smallest absolute Gasteiger partial charge is 0.243 e. The van der Waals surface area contributed by atoms with Gasteiger partial charge < -0.3 is 10.2 Å². The van der Waals surface area contributed by atoms with Gasteiger partial charge in [-0.05, 0) is 43.7 Å². The van der Waals surface area contributed by atoms with Crippen molar-refractivity contribution in [1.82, 2.24) is 19.5 Å². The van der Waals surface area contributed by atoms with Crippen molar-refractivity contribution >= 4 is 53.1 Å². The van der Waals surface area contributed by atoms with E-state index in [2.05, 4.69) is 46.1 Å². The quantitative estimate of drug-likeness (QED) is 0.631. The Kier molecular flexibility index (Phi) is 11.9. The van der Waals surface area contributed by atoms with Crippen LogP contribution in [0.5, 0.6) is 0 Å². The summed E-state index contributed by atoms with van der Waals surface area (Å²) in [6.07, 6.45) is 1.88. The highest BCUT2D eigenvalue weighted by atomic mass is 35.5. The Bertz CT molecular complexity index is 945. The Morgan fingerprint density at radius 1 is 0.818 bits per heavy atom. The fourth-order valence-electron chi connectivity index (χ4n) is 4.06. The maximum atomic E-state index is 12.8. The van der Waals surface area contributed by atoms with Crippen LogP contribution in [0.4, 0.5) is 5.82 Å². The van der Waals surface area contributed by atoms with Crippen molar-refractivity contribution in [2.75, 3.05) is 57.3 Å². The first-order valence-electron chi connectivity index (χ1n) is 10.7. The molecule has 11 heteroatoms. The summed E-state index contributed by atoms with van der Waals surface area (Å²) >= 11 is 0. The molecule has 0 saturated carbocycles. The van der Waals surface area contributed by atoms with E-state index in [1.165, 1.54) is 0 Å². The van der Waals surface area contributed by atoms with Crippen molar-refractivity contribution in [2.45, 2.75) is 24.8 Å². The van der Waals surface area contributed by atoms with Crippen LogP contribution < -0.4 is 10.2 Å². The number of piperazine rings is 2. The minimum atomic E-state index is -3.43. The summed E-state index contributed by atoms with van der Waals surface area (Å²) in [5.74, 6) is 1.00. The summed E-state index contributed by atoms with van der Waals surface area (Å²) in [5, 5.41) is 3.19. The van der Waals surface area contributed by atoms with E-state index in [9.17, 15) is 8.42 Å². The molecular weight excluding hydrogens is 505 g/mol. The number of nitrogens with zero attached hydrogens (tertiary/aromatic N) is 4. The predicted octanol–water partition coefficient (Wildman–Crippen LogP) is 3.14. The number of halogens is 3. The Hall–Kier alpha value is -1.13. The largest absolute Gasteiger partial charge is 0.354 e. The second kappa shape index (κ2) is 13.1. The molecule has 1 aromatic carbocycles. The molecule has 2 fully saturated rings. The number of rotatable bonds is 5. The molecule has 186 valence electrons. The normalized spacial score (nSPS) is 17.6. The van der Waals surface area contributed by atoms with Gasteiger partial charge in [-0.1, -0.05) is 12.1 Å². The Morgan fingerprint density at radius 3 is 1.91 bits per heavy atom. The van der Waals surface area contributed by atoms with Crippen LogP contribution in [0.25, 0.3) is 11.1 Å². The lowest BCUT2D eigenvalue weighted by Crippen LogP contribution is -2.49. The lowest BCUT2D eigenvalue weighted by atomic mass is 10.1. The zero-order valence-corrected chi connectivity index (χ0v) is 22.3. The van der Waals surface area contributed by atoms with E-state index in [1.54, 1.807) is 16.4 Å². The molecule has 0 spiro atoms. The van der Waals surface area contributed by atoms with Gasteiger partial charge in [0.15, 0.2) is 0 Å². The molecule has 7 nitrogen and oxygen atoms in total. The standard InChI is InChI=1S/C22H31N5O2S.3ClH/c1-18(2)25-13-15-26(16-14-25)22-8-5-20(17-24-22)19-3-6-21(7-4-19)30(28,29)27-11-9-23-10-12-27;;;/h3-8,17-18,23H,9-16H2,1-2H3;3*1H. The van der Waals surface area contributed by atoms with Crippen LogP contribution in [0.15, 0.2) is 47.5 Å². The van der Waals surface area contributed by atoms with Gasteiger partial charge in [0, 0.05) is 70.2 Å². The van der Waals surface area contributed by atoms with Crippen LogP contribution in [-0.2, 0) is 10.0 Å². The zero-order chi connectivity index (χ0) is 21.1. The van der Waals surface area contributed by atoms with E-state index in [1.807, 2.05) is 18.3 Å². The molecule has 1 aromatic heterocycles. The summed E-state index contributed by atoms with van der Waals surface area (Å²) in [6.45, 7) is 11.0. The minimum Gasteiger partial charge on any atom is -0.354 e. The Morgan fingerprint density at radius 2 is 1.39 bits per heavy atom.